The Morgan fingerprint density at radius 1 is 1.41 bits per heavy atom. The molecule has 17 heavy (non-hydrogen) atoms. The number of carbonyl (C=O) groups is 2. The highest BCUT2D eigenvalue weighted by Crippen LogP contribution is 2.07. The van der Waals surface area contributed by atoms with Crippen LogP contribution in [0.1, 0.15) is 40.6 Å². The Balaban J connectivity index is 2.59. The highest BCUT2D eigenvalue weighted by atomic mass is 16.3. The van der Waals surface area contributed by atoms with Gasteiger partial charge in [0, 0.05) is 32.0 Å². The van der Waals surface area contributed by atoms with Crippen molar-refractivity contribution in [3.05, 3.63) is 23.5 Å². The molecule has 1 aromatic heterocycles. The molecule has 5 nitrogen and oxygen atoms in total. The van der Waals surface area contributed by atoms with E-state index in [9.17, 15) is 9.59 Å². The number of aliphatic hydroxyl groups is 1. The molecular formula is C12H18N2O3. The first-order valence-corrected chi connectivity index (χ1v) is 5.62. The van der Waals surface area contributed by atoms with Gasteiger partial charge in [0.2, 0.25) is 0 Å². The van der Waals surface area contributed by atoms with Crippen LogP contribution in [0.4, 0.5) is 0 Å². The summed E-state index contributed by atoms with van der Waals surface area (Å²) in [4.78, 5) is 22.9. The molecular weight excluding hydrogens is 220 g/mol. The first-order valence-electron chi connectivity index (χ1n) is 5.62. The molecule has 0 aliphatic carbocycles. The molecule has 1 heterocycles. The fraction of sp³-hybridized carbons (Fsp3) is 0.500. The number of ketones is 1. The van der Waals surface area contributed by atoms with Crippen LogP contribution in [-0.2, 0) is 7.05 Å². The Kier molecular flexibility index (Phi) is 4.90. The highest BCUT2D eigenvalue weighted by molar-refractivity contribution is 5.99. The van der Waals surface area contributed by atoms with Crippen LogP contribution in [0.5, 0.6) is 0 Å². The van der Waals surface area contributed by atoms with E-state index < -0.39 is 0 Å². The molecule has 0 saturated carbocycles. The molecule has 0 saturated heterocycles. The van der Waals surface area contributed by atoms with Crippen LogP contribution in [0, 0.1) is 0 Å². The molecule has 1 rings (SSSR count). The largest absolute Gasteiger partial charge is 0.396 e. The second-order valence-corrected chi connectivity index (χ2v) is 3.97. The predicted molar refractivity (Wildman–Crippen MR) is 64.1 cm³/mol. The fourth-order valence-electron chi connectivity index (χ4n) is 1.51. The summed E-state index contributed by atoms with van der Waals surface area (Å²) < 4.78 is 1.64. The van der Waals surface area contributed by atoms with E-state index in [2.05, 4.69) is 5.32 Å². The van der Waals surface area contributed by atoms with Crippen LogP contribution in [0.3, 0.4) is 0 Å². The van der Waals surface area contributed by atoms with Crippen molar-refractivity contribution < 1.29 is 14.7 Å². The summed E-state index contributed by atoms with van der Waals surface area (Å²) in [6, 6.07) is 1.59. The number of hydrogen-bond acceptors (Lipinski definition) is 3. The lowest BCUT2D eigenvalue weighted by Crippen LogP contribution is -2.26. The molecule has 0 aliphatic heterocycles. The molecule has 94 valence electrons. The lowest BCUT2D eigenvalue weighted by Gasteiger charge is -2.04. The molecule has 0 fully saturated rings. The van der Waals surface area contributed by atoms with Crippen molar-refractivity contribution in [3.63, 3.8) is 0 Å². The minimum absolute atomic E-state index is 0.0556. The van der Waals surface area contributed by atoms with Gasteiger partial charge in [-0.1, -0.05) is 0 Å². The molecule has 0 aliphatic rings. The van der Waals surface area contributed by atoms with Gasteiger partial charge in [-0.3, -0.25) is 9.59 Å². The van der Waals surface area contributed by atoms with E-state index in [0.29, 0.717) is 24.2 Å². The normalized spacial score (nSPS) is 10.3. The number of carbonyl (C=O) groups excluding carboxylic acids is 2. The number of aliphatic hydroxyl groups excluding tert-OH is 1. The zero-order chi connectivity index (χ0) is 12.8. The van der Waals surface area contributed by atoms with Gasteiger partial charge in [-0.25, -0.2) is 0 Å². The van der Waals surface area contributed by atoms with Crippen molar-refractivity contribution in [2.75, 3.05) is 13.2 Å². The molecule has 5 heteroatoms. The van der Waals surface area contributed by atoms with E-state index in [1.807, 2.05) is 0 Å². The van der Waals surface area contributed by atoms with Crippen molar-refractivity contribution in [1.82, 2.24) is 9.88 Å². The number of hydrogen-bond donors (Lipinski definition) is 2. The number of Topliss-reactive ketones (excluding diaryl/α,β-unsaturated/α-hetero) is 1. The van der Waals surface area contributed by atoms with Gasteiger partial charge in [-0.05, 0) is 25.8 Å². The van der Waals surface area contributed by atoms with Gasteiger partial charge in [0.15, 0.2) is 5.78 Å². The lowest BCUT2D eigenvalue weighted by atomic mass is 10.2. The van der Waals surface area contributed by atoms with E-state index in [1.165, 1.54) is 6.92 Å². The average Bonchev–Trinajstić information content (AvgIpc) is 2.67. The molecule has 0 spiro atoms. The SMILES string of the molecule is CC(=O)c1cc(C(=O)NCCCCO)n(C)c1. The van der Waals surface area contributed by atoms with Crippen LogP contribution < -0.4 is 5.32 Å². The lowest BCUT2D eigenvalue weighted by molar-refractivity contribution is 0.0943. The van der Waals surface area contributed by atoms with Gasteiger partial charge >= 0.3 is 0 Å². The second-order valence-electron chi connectivity index (χ2n) is 3.97. The zero-order valence-electron chi connectivity index (χ0n) is 10.2. The standard InChI is InChI=1S/C12H18N2O3/c1-9(16)10-7-11(14(2)8-10)12(17)13-5-3-4-6-15/h7-8,15H,3-6H2,1-2H3,(H,13,17). The second kappa shape index (κ2) is 6.20. The minimum Gasteiger partial charge on any atom is -0.396 e. The zero-order valence-corrected chi connectivity index (χ0v) is 10.2. The van der Waals surface area contributed by atoms with Gasteiger partial charge in [-0.15, -0.1) is 0 Å². The van der Waals surface area contributed by atoms with Crippen molar-refractivity contribution in [3.8, 4) is 0 Å². The van der Waals surface area contributed by atoms with Crippen LogP contribution >= 0.6 is 0 Å². The van der Waals surface area contributed by atoms with E-state index in [-0.39, 0.29) is 18.3 Å². The number of rotatable bonds is 6. The minimum atomic E-state index is -0.196. The Morgan fingerprint density at radius 2 is 2.12 bits per heavy atom. The summed E-state index contributed by atoms with van der Waals surface area (Å²) in [6.07, 6.45) is 3.06. The number of aromatic nitrogens is 1. The quantitative estimate of drug-likeness (QED) is 0.567. The van der Waals surface area contributed by atoms with E-state index in [4.69, 9.17) is 5.11 Å². The number of nitrogens with zero attached hydrogens (tertiary/aromatic N) is 1. The summed E-state index contributed by atoms with van der Waals surface area (Å²) in [6.45, 7) is 2.13. The smallest absolute Gasteiger partial charge is 0.267 e. The predicted octanol–water partition coefficient (Wildman–Crippen LogP) is 0.730. The third-order valence-electron chi connectivity index (χ3n) is 2.51. The first-order chi connectivity index (χ1) is 8.06. The fourth-order valence-corrected chi connectivity index (χ4v) is 1.51. The van der Waals surface area contributed by atoms with Crippen molar-refractivity contribution >= 4 is 11.7 Å². The number of aryl methyl sites for hydroxylation is 1. The number of amides is 1. The average molecular weight is 238 g/mol. The van der Waals surface area contributed by atoms with Gasteiger partial charge in [-0.2, -0.15) is 0 Å². The molecule has 0 unspecified atom stereocenters. The third kappa shape index (κ3) is 3.71. The maximum atomic E-state index is 11.8. The first kappa shape index (κ1) is 13.4. The van der Waals surface area contributed by atoms with E-state index in [0.717, 1.165) is 6.42 Å². The molecule has 2 N–H and O–H groups in total. The topological polar surface area (TPSA) is 71.3 Å². The van der Waals surface area contributed by atoms with Crippen LogP contribution in [-0.4, -0.2) is 34.5 Å². The van der Waals surface area contributed by atoms with Gasteiger partial charge in [0.1, 0.15) is 5.69 Å². The van der Waals surface area contributed by atoms with Gasteiger partial charge in [0.05, 0.1) is 0 Å². The van der Waals surface area contributed by atoms with Crippen molar-refractivity contribution in [2.45, 2.75) is 19.8 Å². The Hall–Kier alpha value is -1.62. The maximum Gasteiger partial charge on any atom is 0.267 e. The maximum absolute atomic E-state index is 11.8. The molecule has 1 aromatic rings. The third-order valence-corrected chi connectivity index (χ3v) is 2.51. The monoisotopic (exact) mass is 238 g/mol. The summed E-state index contributed by atoms with van der Waals surface area (Å²) in [5.41, 5.74) is 1.01. The van der Waals surface area contributed by atoms with Crippen LogP contribution in [0.25, 0.3) is 0 Å². The summed E-state index contributed by atoms with van der Waals surface area (Å²) >= 11 is 0. The molecule has 0 bridgehead atoms. The summed E-state index contributed by atoms with van der Waals surface area (Å²) in [5.74, 6) is -0.252. The molecule has 0 aromatic carbocycles. The van der Waals surface area contributed by atoms with E-state index >= 15 is 0 Å². The van der Waals surface area contributed by atoms with Crippen molar-refractivity contribution in [2.24, 2.45) is 7.05 Å². The van der Waals surface area contributed by atoms with Crippen molar-refractivity contribution in [1.29, 1.82) is 0 Å². The molecule has 0 radical (unpaired) electrons. The summed E-state index contributed by atoms with van der Waals surface area (Å²) in [5, 5.41) is 11.3. The van der Waals surface area contributed by atoms with E-state index in [1.54, 1.807) is 23.9 Å². The number of nitrogens with one attached hydrogen (secondary N) is 1. The molecule has 1 amide bonds. The van der Waals surface area contributed by atoms with Gasteiger partial charge in [0.25, 0.3) is 5.91 Å². The summed E-state index contributed by atoms with van der Waals surface area (Å²) in [7, 11) is 1.73. The Bertz CT molecular complexity index is 410. The van der Waals surface area contributed by atoms with Crippen LogP contribution in [0.15, 0.2) is 12.3 Å². The Morgan fingerprint density at radius 3 is 2.65 bits per heavy atom. The van der Waals surface area contributed by atoms with Gasteiger partial charge < -0.3 is 15.0 Å². The van der Waals surface area contributed by atoms with Crippen LogP contribution in [0.2, 0.25) is 0 Å². The number of unbranched alkanes of at least 4 members (excludes halogenated alkanes) is 1. The Labute approximate surface area is 100 Å². The highest BCUT2D eigenvalue weighted by Gasteiger charge is 2.12. The molecule has 0 atom stereocenters.